The predicted octanol–water partition coefficient (Wildman–Crippen LogP) is 2.16. The van der Waals surface area contributed by atoms with Crippen LogP contribution >= 0.6 is 11.8 Å². The molecule has 16 heavy (non-hydrogen) atoms. The van der Waals surface area contributed by atoms with Gasteiger partial charge < -0.3 is 9.64 Å². The van der Waals surface area contributed by atoms with E-state index in [0.717, 1.165) is 26.1 Å². The quantitative estimate of drug-likeness (QED) is 0.710. The van der Waals surface area contributed by atoms with Crippen LogP contribution in [0.15, 0.2) is 0 Å². The molecule has 0 atom stereocenters. The topological polar surface area (TPSA) is 29.5 Å². The minimum atomic E-state index is -0.0930. The number of nitrogens with zero attached hydrogens (tertiary/aromatic N) is 1. The summed E-state index contributed by atoms with van der Waals surface area (Å²) in [4.78, 5) is 13.4. The predicted molar refractivity (Wildman–Crippen MR) is 68.8 cm³/mol. The molecule has 94 valence electrons. The van der Waals surface area contributed by atoms with Gasteiger partial charge in [-0.1, -0.05) is 13.8 Å². The lowest BCUT2D eigenvalue weighted by Crippen LogP contribution is -2.28. The molecule has 1 aliphatic rings. The Kier molecular flexibility index (Phi) is 5.62. The Labute approximate surface area is 103 Å². The highest BCUT2D eigenvalue weighted by molar-refractivity contribution is 8.00. The molecule has 4 heteroatoms. The van der Waals surface area contributed by atoms with Crippen molar-refractivity contribution in [2.24, 2.45) is 0 Å². The van der Waals surface area contributed by atoms with Gasteiger partial charge in [-0.25, -0.2) is 0 Å². The first-order valence-corrected chi connectivity index (χ1v) is 6.95. The third-order valence-electron chi connectivity index (χ3n) is 3.01. The first kappa shape index (κ1) is 13.8. The number of hydrogen-bond acceptors (Lipinski definition) is 4. The van der Waals surface area contributed by atoms with Crippen molar-refractivity contribution >= 4 is 17.7 Å². The third kappa shape index (κ3) is 5.21. The zero-order valence-corrected chi connectivity index (χ0v) is 11.4. The van der Waals surface area contributed by atoms with Gasteiger partial charge in [0.25, 0.3) is 0 Å². The molecule has 3 nitrogen and oxygen atoms in total. The summed E-state index contributed by atoms with van der Waals surface area (Å²) < 4.78 is 5.05. The van der Waals surface area contributed by atoms with Crippen LogP contribution < -0.4 is 0 Å². The summed E-state index contributed by atoms with van der Waals surface area (Å²) in [6, 6.07) is 0. The Morgan fingerprint density at radius 3 is 2.88 bits per heavy atom. The molecule has 0 aromatic heterocycles. The standard InChI is InChI=1S/C12H23NO2S/c1-12(2)6-8-13(9-10-16-12)7-4-5-11(14)15-3/h4-10H2,1-3H3. The lowest BCUT2D eigenvalue weighted by atomic mass is 10.1. The largest absolute Gasteiger partial charge is 0.469 e. The van der Waals surface area contributed by atoms with Crippen LogP contribution in [-0.4, -0.2) is 48.1 Å². The highest BCUT2D eigenvalue weighted by Crippen LogP contribution is 2.30. The van der Waals surface area contributed by atoms with Gasteiger partial charge in [-0.05, 0) is 25.9 Å². The van der Waals surface area contributed by atoms with Crippen molar-refractivity contribution in [3.05, 3.63) is 0 Å². The number of rotatable bonds is 4. The van der Waals surface area contributed by atoms with Crippen molar-refractivity contribution in [1.29, 1.82) is 0 Å². The molecular formula is C12H23NO2S. The number of carbonyl (C=O) groups is 1. The van der Waals surface area contributed by atoms with Gasteiger partial charge >= 0.3 is 5.97 Å². The molecule has 0 aromatic carbocycles. The van der Waals surface area contributed by atoms with Crippen LogP contribution in [0.3, 0.4) is 0 Å². The van der Waals surface area contributed by atoms with E-state index in [4.69, 9.17) is 0 Å². The second-order valence-electron chi connectivity index (χ2n) is 4.88. The van der Waals surface area contributed by atoms with Crippen LogP contribution in [0.1, 0.15) is 33.1 Å². The van der Waals surface area contributed by atoms with Crippen molar-refractivity contribution in [2.75, 3.05) is 32.5 Å². The van der Waals surface area contributed by atoms with E-state index >= 15 is 0 Å². The van der Waals surface area contributed by atoms with Gasteiger partial charge in [0.1, 0.15) is 0 Å². The van der Waals surface area contributed by atoms with Crippen LogP contribution in [0.2, 0.25) is 0 Å². The Morgan fingerprint density at radius 2 is 2.19 bits per heavy atom. The number of thioether (sulfide) groups is 1. The second-order valence-corrected chi connectivity index (χ2v) is 6.68. The minimum Gasteiger partial charge on any atom is -0.469 e. The fourth-order valence-corrected chi connectivity index (χ4v) is 2.97. The summed E-state index contributed by atoms with van der Waals surface area (Å²) in [5, 5.41) is 0. The first-order chi connectivity index (χ1) is 7.53. The number of esters is 1. The van der Waals surface area contributed by atoms with E-state index in [1.54, 1.807) is 0 Å². The van der Waals surface area contributed by atoms with Crippen LogP contribution in [0, 0.1) is 0 Å². The Bertz CT molecular complexity index is 231. The molecule has 1 fully saturated rings. The van der Waals surface area contributed by atoms with E-state index in [9.17, 15) is 4.79 Å². The molecule has 0 radical (unpaired) electrons. The maximum Gasteiger partial charge on any atom is 0.305 e. The van der Waals surface area contributed by atoms with Gasteiger partial charge in [0.05, 0.1) is 7.11 Å². The number of ether oxygens (including phenoxy) is 1. The average molecular weight is 245 g/mol. The molecule has 1 aliphatic heterocycles. The summed E-state index contributed by atoms with van der Waals surface area (Å²) in [6.45, 7) is 7.95. The molecule has 0 spiro atoms. The maximum atomic E-state index is 11.0. The van der Waals surface area contributed by atoms with Crippen LogP contribution in [0.25, 0.3) is 0 Å². The van der Waals surface area contributed by atoms with Crippen molar-refractivity contribution in [3.8, 4) is 0 Å². The van der Waals surface area contributed by atoms with Gasteiger partial charge in [0.2, 0.25) is 0 Å². The molecule has 0 saturated carbocycles. The van der Waals surface area contributed by atoms with Crippen molar-refractivity contribution in [1.82, 2.24) is 4.90 Å². The van der Waals surface area contributed by atoms with Crippen LogP contribution in [0.5, 0.6) is 0 Å². The fraction of sp³-hybridized carbons (Fsp3) is 0.917. The normalized spacial score (nSPS) is 21.4. The molecule has 1 rings (SSSR count). The summed E-state index contributed by atoms with van der Waals surface area (Å²) in [7, 11) is 1.45. The lowest BCUT2D eigenvalue weighted by molar-refractivity contribution is -0.140. The van der Waals surface area contributed by atoms with Crippen molar-refractivity contribution < 1.29 is 9.53 Å². The highest BCUT2D eigenvalue weighted by atomic mass is 32.2. The van der Waals surface area contributed by atoms with Gasteiger partial charge in [-0.2, -0.15) is 11.8 Å². The summed E-state index contributed by atoms with van der Waals surface area (Å²) in [5.74, 6) is 1.11. The Balaban J connectivity index is 2.20. The smallest absolute Gasteiger partial charge is 0.305 e. The van der Waals surface area contributed by atoms with Crippen molar-refractivity contribution in [2.45, 2.75) is 37.9 Å². The van der Waals surface area contributed by atoms with Gasteiger partial charge in [-0.3, -0.25) is 4.79 Å². The zero-order chi connectivity index (χ0) is 12.0. The second kappa shape index (κ2) is 6.50. The Morgan fingerprint density at radius 1 is 1.44 bits per heavy atom. The monoisotopic (exact) mass is 245 g/mol. The molecule has 1 saturated heterocycles. The Hall–Kier alpha value is -0.220. The lowest BCUT2D eigenvalue weighted by Gasteiger charge is -2.22. The molecule has 0 aliphatic carbocycles. The molecule has 0 N–H and O–H groups in total. The number of methoxy groups -OCH3 is 1. The third-order valence-corrected chi connectivity index (χ3v) is 4.39. The van der Waals surface area contributed by atoms with E-state index < -0.39 is 0 Å². The summed E-state index contributed by atoms with van der Waals surface area (Å²) >= 11 is 2.06. The summed E-state index contributed by atoms with van der Waals surface area (Å²) in [6.07, 6.45) is 2.69. The first-order valence-electron chi connectivity index (χ1n) is 5.97. The average Bonchev–Trinajstić information content (AvgIpc) is 2.40. The molecule has 1 heterocycles. The zero-order valence-electron chi connectivity index (χ0n) is 10.6. The van der Waals surface area contributed by atoms with E-state index in [0.29, 0.717) is 11.2 Å². The number of hydrogen-bond donors (Lipinski definition) is 0. The van der Waals surface area contributed by atoms with Gasteiger partial charge in [0.15, 0.2) is 0 Å². The highest BCUT2D eigenvalue weighted by Gasteiger charge is 2.23. The minimum absolute atomic E-state index is 0.0930. The van der Waals surface area contributed by atoms with Crippen LogP contribution in [-0.2, 0) is 9.53 Å². The molecule has 0 bridgehead atoms. The fourth-order valence-electron chi connectivity index (χ4n) is 1.84. The SMILES string of the molecule is COC(=O)CCCN1CCSC(C)(C)CC1. The van der Waals surface area contributed by atoms with E-state index in [-0.39, 0.29) is 5.97 Å². The van der Waals surface area contributed by atoms with Crippen molar-refractivity contribution in [3.63, 3.8) is 0 Å². The van der Waals surface area contributed by atoms with E-state index in [1.165, 1.54) is 19.3 Å². The van der Waals surface area contributed by atoms with Gasteiger partial charge in [-0.15, -0.1) is 0 Å². The molecule has 0 unspecified atom stereocenters. The van der Waals surface area contributed by atoms with Crippen LogP contribution in [0.4, 0.5) is 0 Å². The molecule has 0 amide bonds. The molecule has 0 aromatic rings. The summed E-state index contributed by atoms with van der Waals surface area (Å²) in [5.41, 5.74) is 0. The number of carbonyl (C=O) groups excluding carboxylic acids is 1. The molecular weight excluding hydrogens is 222 g/mol. The van der Waals surface area contributed by atoms with E-state index in [1.807, 2.05) is 0 Å². The maximum absolute atomic E-state index is 11.0. The van der Waals surface area contributed by atoms with E-state index in [2.05, 4.69) is 35.2 Å². The van der Waals surface area contributed by atoms with Gasteiger partial charge in [0, 0.05) is 23.5 Å².